The van der Waals surface area contributed by atoms with Gasteiger partial charge in [-0.3, -0.25) is 30.2 Å². The van der Waals surface area contributed by atoms with E-state index in [9.17, 15) is 9.59 Å². The number of carbonyl (C=O) groups excluding carboxylic acids is 2. The fraction of sp³-hybridized carbons (Fsp3) is 0.0882. The predicted molar refractivity (Wildman–Crippen MR) is 180 cm³/mol. The minimum atomic E-state index is -0.549. The summed E-state index contributed by atoms with van der Waals surface area (Å²) in [6.45, 7) is 0. The highest BCUT2D eigenvalue weighted by Crippen LogP contribution is 2.31. The van der Waals surface area contributed by atoms with Crippen LogP contribution in [0.3, 0.4) is 0 Å². The van der Waals surface area contributed by atoms with Crippen LogP contribution in [-0.2, 0) is 11.2 Å². The highest BCUT2D eigenvalue weighted by atomic mass is 19.1. The van der Waals surface area contributed by atoms with Crippen molar-refractivity contribution >= 4 is 23.7 Å². The van der Waals surface area contributed by atoms with Gasteiger partial charge in [-0.1, -0.05) is 24.3 Å². The number of amides is 2. The molecule has 15 nitrogen and oxygen atoms in total. The number of methoxy groups -OCH3 is 1. The van der Waals surface area contributed by atoms with E-state index in [0.717, 1.165) is 11.3 Å². The molecule has 0 atom stereocenters. The lowest BCUT2D eigenvalue weighted by molar-refractivity contribution is -0.116. The van der Waals surface area contributed by atoms with Crippen molar-refractivity contribution < 1.29 is 18.7 Å². The van der Waals surface area contributed by atoms with Gasteiger partial charge >= 0.3 is 0 Å². The first-order chi connectivity index (χ1) is 24.4. The van der Waals surface area contributed by atoms with E-state index in [-0.39, 0.29) is 35.7 Å². The van der Waals surface area contributed by atoms with Crippen molar-refractivity contribution in [3.05, 3.63) is 115 Å². The summed E-state index contributed by atoms with van der Waals surface area (Å²) in [4.78, 5) is 40.1. The molecule has 0 aliphatic heterocycles. The molecule has 50 heavy (non-hydrogen) atoms. The first-order valence-corrected chi connectivity index (χ1v) is 15.2. The number of carbonyl (C=O) groups is 2. The topological polar surface area (TPSA) is 194 Å². The Bertz CT molecular complexity index is 2280. The van der Waals surface area contributed by atoms with Crippen molar-refractivity contribution in [2.45, 2.75) is 12.8 Å². The number of H-pyrrole nitrogens is 2. The number of halogens is 1. The molecule has 4 N–H and O–H groups in total. The van der Waals surface area contributed by atoms with Gasteiger partial charge in [0.25, 0.3) is 5.91 Å². The summed E-state index contributed by atoms with van der Waals surface area (Å²) in [7, 11) is 1.60. The van der Waals surface area contributed by atoms with Crippen molar-refractivity contribution in [3.8, 4) is 45.6 Å². The molecule has 0 bridgehead atoms. The summed E-state index contributed by atoms with van der Waals surface area (Å²) < 4.78 is 21.6. The van der Waals surface area contributed by atoms with Gasteiger partial charge in [0.2, 0.25) is 17.8 Å². The van der Waals surface area contributed by atoms with E-state index in [1.54, 1.807) is 49.8 Å². The molecule has 0 unspecified atom stereocenters. The first-order valence-electron chi connectivity index (χ1n) is 15.2. The number of aryl methyl sites for hydroxylation is 1. The van der Waals surface area contributed by atoms with Crippen molar-refractivity contribution in [2.24, 2.45) is 0 Å². The number of nitrogens with one attached hydrogen (secondary N) is 4. The summed E-state index contributed by atoms with van der Waals surface area (Å²) in [5.74, 6) is 0.332. The van der Waals surface area contributed by atoms with Crippen LogP contribution >= 0.6 is 0 Å². The molecular weight excluding hydrogens is 643 g/mol. The smallest absolute Gasteiger partial charge is 0.278 e. The molecule has 0 aliphatic rings. The quantitative estimate of drug-likeness (QED) is 0.147. The molecule has 0 aliphatic carbocycles. The molecule has 7 aromatic rings. The third-order valence-corrected chi connectivity index (χ3v) is 7.48. The molecule has 2 amide bonds. The number of aromatic amines is 2. The summed E-state index contributed by atoms with van der Waals surface area (Å²) in [6, 6.07) is 22.1. The number of aromatic nitrogens is 10. The van der Waals surface area contributed by atoms with Gasteiger partial charge in [-0.15, -0.1) is 20.4 Å². The normalized spacial score (nSPS) is 10.9. The van der Waals surface area contributed by atoms with Crippen LogP contribution < -0.4 is 15.4 Å². The van der Waals surface area contributed by atoms with Gasteiger partial charge in [-0.05, 0) is 72.1 Å². The lowest BCUT2D eigenvalue weighted by Gasteiger charge is -2.09. The fourth-order valence-corrected chi connectivity index (χ4v) is 5.06. The predicted octanol–water partition coefficient (Wildman–Crippen LogP) is 4.87. The molecule has 0 spiro atoms. The number of benzene rings is 2. The van der Waals surface area contributed by atoms with Gasteiger partial charge in [0.1, 0.15) is 23.0 Å². The molecule has 7 rings (SSSR count). The Labute approximate surface area is 283 Å². The molecule has 0 fully saturated rings. The van der Waals surface area contributed by atoms with E-state index in [4.69, 9.17) is 4.74 Å². The monoisotopic (exact) mass is 670 g/mol. The number of hydrogen-bond donors (Lipinski definition) is 4. The number of anilines is 2. The Morgan fingerprint density at radius 3 is 2.42 bits per heavy atom. The number of rotatable bonds is 11. The maximum atomic E-state index is 15.1. The van der Waals surface area contributed by atoms with E-state index in [2.05, 4.69) is 56.1 Å². The van der Waals surface area contributed by atoms with E-state index in [1.807, 2.05) is 30.3 Å². The SMILES string of the molecule is COc1ccc(CCC(=O)Nc2nnc(-c3ncccc3-c3cc(F)cc(-n4ccc(C(=O)Nc5nnc(-c6ccccn6)[nH]5)n4)c3)[nH]2)cc1. The third-order valence-electron chi connectivity index (χ3n) is 7.48. The maximum absolute atomic E-state index is 15.1. The molecule has 16 heteroatoms. The van der Waals surface area contributed by atoms with Crippen LogP contribution in [0.15, 0.2) is 97.5 Å². The van der Waals surface area contributed by atoms with Gasteiger partial charge in [0, 0.05) is 30.6 Å². The fourth-order valence-electron chi connectivity index (χ4n) is 5.06. The summed E-state index contributed by atoms with van der Waals surface area (Å²) >= 11 is 0. The van der Waals surface area contributed by atoms with Gasteiger partial charge in [0.05, 0.1) is 12.8 Å². The number of nitrogens with zero attached hydrogens (tertiary/aromatic N) is 8. The second-order valence-electron chi connectivity index (χ2n) is 10.9. The van der Waals surface area contributed by atoms with Crippen LogP contribution in [0, 0.1) is 5.82 Å². The van der Waals surface area contributed by atoms with Crippen LogP contribution in [0.1, 0.15) is 22.5 Å². The molecule has 0 saturated carbocycles. The third kappa shape index (κ3) is 7.08. The van der Waals surface area contributed by atoms with Gasteiger partial charge in [0.15, 0.2) is 17.3 Å². The standard InChI is InChI=1S/C34H27FN12O3/c1-50-24-10-7-20(8-11-24)9-12-28(48)38-33-40-31(43-44-33)29-25(5-4-15-37-29)21-17-22(35)19-23(18-21)47-16-13-27(46-47)32(49)41-34-39-30(42-45-34)26-6-2-3-14-36-26/h2-8,10-11,13-19H,9,12H2,1H3,(H2,38,40,43,44,48)(H2,39,41,42,45,49). The summed E-state index contributed by atoms with van der Waals surface area (Å²) in [5, 5.41) is 25.9. The van der Waals surface area contributed by atoms with Crippen LogP contribution in [0.2, 0.25) is 0 Å². The Morgan fingerprint density at radius 2 is 1.62 bits per heavy atom. The molecule has 248 valence electrons. The molecular formula is C34H27FN12O3. The van der Waals surface area contributed by atoms with Crippen LogP contribution in [0.4, 0.5) is 16.3 Å². The van der Waals surface area contributed by atoms with E-state index < -0.39 is 11.7 Å². The van der Waals surface area contributed by atoms with E-state index in [0.29, 0.717) is 40.4 Å². The maximum Gasteiger partial charge on any atom is 0.278 e. The summed E-state index contributed by atoms with van der Waals surface area (Å²) in [5.41, 5.74) is 3.37. The van der Waals surface area contributed by atoms with Gasteiger partial charge in [-0.2, -0.15) is 5.10 Å². The Hall–Kier alpha value is -7.10. The average Bonchev–Trinajstić information content (AvgIpc) is 3.93. The van der Waals surface area contributed by atoms with E-state index in [1.165, 1.54) is 29.1 Å². The van der Waals surface area contributed by atoms with Crippen LogP contribution in [0.25, 0.3) is 39.9 Å². The Morgan fingerprint density at radius 1 is 0.840 bits per heavy atom. The zero-order valence-corrected chi connectivity index (χ0v) is 26.3. The van der Waals surface area contributed by atoms with Crippen molar-refractivity contribution in [1.29, 1.82) is 0 Å². The van der Waals surface area contributed by atoms with Gasteiger partial charge < -0.3 is 14.7 Å². The van der Waals surface area contributed by atoms with Crippen LogP contribution in [-0.4, -0.2) is 69.0 Å². The average molecular weight is 671 g/mol. The number of pyridine rings is 2. The second kappa shape index (κ2) is 13.9. The number of hydrogen-bond acceptors (Lipinski definition) is 10. The van der Waals surface area contributed by atoms with E-state index >= 15 is 4.39 Å². The van der Waals surface area contributed by atoms with Crippen molar-refractivity contribution in [1.82, 2.24) is 50.1 Å². The summed E-state index contributed by atoms with van der Waals surface area (Å²) in [6.07, 6.45) is 5.49. The molecule has 5 aromatic heterocycles. The van der Waals surface area contributed by atoms with Gasteiger partial charge in [-0.25, -0.2) is 9.07 Å². The second-order valence-corrected chi connectivity index (χ2v) is 10.9. The largest absolute Gasteiger partial charge is 0.497 e. The molecule has 0 radical (unpaired) electrons. The minimum Gasteiger partial charge on any atom is -0.497 e. The number of ether oxygens (including phenoxy) is 1. The molecule has 0 saturated heterocycles. The highest BCUT2D eigenvalue weighted by Gasteiger charge is 2.18. The van der Waals surface area contributed by atoms with Crippen molar-refractivity contribution in [3.63, 3.8) is 0 Å². The van der Waals surface area contributed by atoms with Crippen LogP contribution in [0.5, 0.6) is 5.75 Å². The lowest BCUT2D eigenvalue weighted by Crippen LogP contribution is -2.14. The first kappa shape index (κ1) is 31.5. The Kier molecular flexibility index (Phi) is 8.78. The molecule has 5 heterocycles. The Balaban J connectivity index is 1.05. The minimum absolute atomic E-state index is 0.0638. The highest BCUT2D eigenvalue weighted by molar-refractivity contribution is 6.01. The zero-order chi connectivity index (χ0) is 34.5. The van der Waals surface area contributed by atoms with Crippen molar-refractivity contribution in [2.75, 3.05) is 17.7 Å². The molecule has 2 aromatic carbocycles. The lowest BCUT2D eigenvalue weighted by atomic mass is 10.0. The zero-order valence-electron chi connectivity index (χ0n) is 26.3.